The number of fused-ring (bicyclic) bond motifs is 1. The van der Waals surface area contributed by atoms with Gasteiger partial charge in [-0.25, -0.2) is 13.5 Å². The fourth-order valence-corrected chi connectivity index (χ4v) is 6.17. The SMILES string of the molecule is Cc1ccc(-n2nc(C(C)(C)C)c3c2N(CC(=O)N2CCOCC2)C(=O)CS[C@@H]3c2ccc(F)cc2F)cc1. The number of amides is 2. The lowest BCUT2D eigenvalue weighted by Gasteiger charge is -2.30. The first-order valence-corrected chi connectivity index (χ1v) is 14.0. The third-order valence-electron chi connectivity index (χ3n) is 6.98. The molecule has 0 saturated carbocycles. The second-order valence-corrected chi connectivity index (χ2v) is 12.0. The molecule has 3 heterocycles. The Morgan fingerprint density at radius 1 is 1.10 bits per heavy atom. The van der Waals surface area contributed by atoms with E-state index in [1.54, 1.807) is 9.58 Å². The van der Waals surface area contributed by atoms with Gasteiger partial charge >= 0.3 is 0 Å². The lowest BCUT2D eigenvalue weighted by Crippen LogP contribution is -2.48. The summed E-state index contributed by atoms with van der Waals surface area (Å²) < 4.78 is 36.2. The van der Waals surface area contributed by atoms with E-state index in [2.05, 4.69) is 0 Å². The van der Waals surface area contributed by atoms with E-state index in [0.717, 1.165) is 11.6 Å². The smallest absolute Gasteiger partial charge is 0.242 e. The van der Waals surface area contributed by atoms with E-state index in [4.69, 9.17) is 9.84 Å². The molecule has 0 aliphatic carbocycles. The Hall–Kier alpha value is -3.24. The second kappa shape index (κ2) is 10.7. The lowest BCUT2D eigenvalue weighted by atomic mass is 9.87. The number of benzene rings is 2. The van der Waals surface area contributed by atoms with Crippen LogP contribution in [0, 0.1) is 18.6 Å². The van der Waals surface area contributed by atoms with Crippen LogP contribution in [0.3, 0.4) is 0 Å². The molecule has 2 aliphatic heterocycles. The summed E-state index contributed by atoms with van der Waals surface area (Å²) in [5, 5.41) is 4.36. The Morgan fingerprint density at radius 2 is 1.79 bits per heavy atom. The maximum Gasteiger partial charge on any atom is 0.242 e. The summed E-state index contributed by atoms with van der Waals surface area (Å²) in [5.41, 5.74) is 2.89. The van der Waals surface area contributed by atoms with Gasteiger partial charge in [0.25, 0.3) is 0 Å². The summed E-state index contributed by atoms with van der Waals surface area (Å²) in [4.78, 5) is 30.3. The molecule has 5 rings (SSSR count). The quantitative estimate of drug-likeness (QED) is 0.464. The molecule has 1 atom stereocenters. The van der Waals surface area contributed by atoms with Crippen LogP contribution in [0.2, 0.25) is 0 Å². The highest BCUT2D eigenvalue weighted by atomic mass is 32.2. The highest BCUT2D eigenvalue weighted by Crippen LogP contribution is 2.49. The topological polar surface area (TPSA) is 67.7 Å². The Labute approximate surface area is 231 Å². The number of carbonyl (C=O) groups excluding carboxylic acids is 2. The Morgan fingerprint density at radius 3 is 2.44 bits per heavy atom. The molecule has 2 amide bonds. The monoisotopic (exact) mass is 554 g/mol. The number of aromatic nitrogens is 2. The van der Waals surface area contributed by atoms with E-state index >= 15 is 4.39 Å². The van der Waals surface area contributed by atoms with Gasteiger partial charge in [0.05, 0.1) is 35.6 Å². The van der Waals surface area contributed by atoms with Crippen LogP contribution in [0.15, 0.2) is 42.5 Å². The molecule has 2 aliphatic rings. The van der Waals surface area contributed by atoms with Gasteiger partial charge in [-0.15, -0.1) is 11.8 Å². The van der Waals surface area contributed by atoms with Crippen molar-refractivity contribution in [1.29, 1.82) is 0 Å². The summed E-state index contributed by atoms with van der Waals surface area (Å²) in [6, 6.07) is 11.2. The van der Waals surface area contributed by atoms with Crippen LogP contribution < -0.4 is 4.90 Å². The maximum atomic E-state index is 15.3. The summed E-state index contributed by atoms with van der Waals surface area (Å²) in [6.07, 6.45) is 0. The van der Waals surface area contributed by atoms with Crippen molar-refractivity contribution in [3.8, 4) is 5.69 Å². The normalized spacial score (nSPS) is 18.2. The van der Waals surface area contributed by atoms with E-state index in [0.29, 0.717) is 49.1 Å². The van der Waals surface area contributed by atoms with Gasteiger partial charge in [0, 0.05) is 35.7 Å². The first-order valence-electron chi connectivity index (χ1n) is 13.0. The van der Waals surface area contributed by atoms with Gasteiger partial charge in [0.2, 0.25) is 11.8 Å². The van der Waals surface area contributed by atoms with Crippen molar-refractivity contribution in [3.63, 3.8) is 0 Å². The number of nitrogens with zero attached hydrogens (tertiary/aromatic N) is 4. The number of halogens is 2. The van der Waals surface area contributed by atoms with Crippen molar-refractivity contribution in [2.45, 2.75) is 38.4 Å². The number of ether oxygens (including phenoxy) is 1. The predicted molar refractivity (Wildman–Crippen MR) is 147 cm³/mol. The number of carbonyl (C=O) groups is 2. The minimum Gasteiger partial charge on any atom is -0.378 e. The van der Waals surface area contributed by atoms with Gasteiger partial charge < -0.3 is 9.64 Å². The van der Waals surface area contributed by atoms with Crippen molar-refractivity contribution in [2.75, 3.05) is 43.5 Å². The highest BCUT2D eigenvalue weighted by Gasteiger charge is 2.41. The number of hydrogen-bond acceptors (Lipinski definition) is 5. The van der Waals surface area contributed by atoms with Gasteiger partial charge in [-0.1, -0.05) is 44.5 Å². The molecular weight excluding hydrogens is 522 g/mol. The predicted octanol–water partition coefficient (Wildman–Crippen LogP) is 4.78. The van der Waals surface area contributed by atoms with E-state index in [1.165, 1.54) is 28.8 Å². The van der Waals surface area contributed by atoms with E-state index in [1.807, 2.05) is 52.0 Å². The van der Waals surface area contributed by atoms with Crippen LogP contribution >= 0.6 is 11.8 Å². The molecule has 7 nitrogen and oxygen atoms in total. The molecule has 0 unspecified atom stereocenters. The number of anilines is 1. The molecule has 1 aromatic heterocycles. The molecule has 0 N–H and O–H groups in total. The minimum absolute atomic E-state index is 0.0179. The largest absolute Gasteiger partial charge is 0.378 e. The lowest BCUT2D eigenvalue weighted by molar-refractivity contribution is -0.134. The summed E-state index contributed by atoms with van der Waals surface area (Å²) in [5.74, 6) is -1.37. The molecule has 2 aromatic carbocycles. The minimum atomic E-state index is -0.688. The van der Waals surface area contributed by atoms with Crippen LogP contribution in [0.25, 0.3) is 5.69 Å². The first kappa shape index (κ1) is 27.3. The maximum absolute atomic E-state index is 15.3. The second-order valence-electron chi connectivity index (χ2n) is 10.9. The van der Waals surface area contributed by atoms with E-state index in [9.17, 15) is 14.0 Å². The van der Waals surface area contributed by atoms with Gasteiger partial charge in [0.1, 0.15) is 24.0 Å². The van der Waals surface area contributed by atoms with Gasteiger partial charge in [0.15, 0.2) is 0 Å². The van der Waals surface area contributed by atoms with Gasteiger partial charge in [-0.3, -0.25) is 14.5 Å². The number of aryl methyl sites for hydroxylation is 1. The summed E-state index contributed by atoms with van der Waals surface area (Å²) in [7, 11) is 0. The van der Waals surface area contributed by atoms with Crippen molar-refractivity contribution < 1.29 is 23.1 Å². The van der Waals surface area contributed by atoms with Crippen LogP contribution in [-0.4, -0.2) is 65.1 Å². The fraction of sp³-hybridized carbons (Fsp3) is 0.414. The molecule has 39 heavy (non-hydrogen) atoms. The van der Waals surface area contributed by atoms with Crippen LogP contribution in [-0.2, 0) is 19.7 Å². The number of hydrogen-bond donors (Lipinski definition) is 0. The van der Waals surface area contributed by atoms with Crippen LogP contribution in [0.5, 0.6) is 0 Å². The molecule has 1 fully saturated rings. The molecule has 0 bridgehead atoms. The molecule has 206 valence electrons. The number of thioether (sulfide) groups is 1. The first-order chi connectivity index (χ1) is 18.5. The standard InChI is InChI=1S/C29H32F2N4O3S/c1-18-5-8-20(9-6-18)35-28-25(27(32-35)29(2,3)4)26(21-10-7-19(30)15-22(21)31)39-17-24(37)34(28)16-23(36)33-11-13-38-14-12-33/h5-10,15,26H,11-14,16-17H2,1-4H3/t26-/m1/s1. The van der Waals surface area contributed by atoms with E-state index in [-0.39, 0.29) is 29.7 Å². The summed E-state index contributed by atoms with van der Waals surface area (Å²) >= 11 is 1.26. The highest BCUT2D eigenvalue weighted by molar-refractivity contribution is 8.00. The fourth-order valence-electron chi connectivity index (χ4n) is 4.95. The molecule has 0 radical (unpaired) electrons. The van der Waals surface area contributed by atoms with Gasteiger partial charge in [-0.05, 0) is 25.1 Å². The van der Waals surface area contributed by atoms with Crippen molar-refractivity contribution in [3.05, 3.63) is 76.5 Å². The average Bonchev–Trinajstić information content (AvgIpc) is 3.24. The Balaban J connectivity index is 1.74. The molecule has 3 aromatic rings. The van der Waals surface area contributed by atoms with Crippen LogP contribution in [0.1, 0.15) is 48.4 Å². The molecule has 1 saturated heterocycles. The Bertz CT molecular complexity index is 1390. The third-order valence-corrected chi connectivity index (χ3v) is 8.22. The Kier molecular flexibility index (Phi) is 7.52. The van der Waals surface area contributed by atoms with Crippen molar-refractivity contribution in [2.24, 2.45) is 0 Å². The third kappa shape index (κ3) is 5.45. The van der Waals surface area contributed by atoms with Crippen molar-refractivity contribution in [1.82, 2.24) is 14.7 Å². The number of rotatable bonds is 4. The van der Waals surface area contributed by atoms with Gasteiger partial charge in [-0.2, -0.15) is 5.10 Å². The zero-order valence-corrected chi connectivity index (χ0v) is 23.4. The van der Waals surface area contributed by atoms with Crippen LogP contribution in [0.4, 0.5) is 14.6 Å². The zero-order valence-electron chi connectivity index (χ0n) is 22.5. The molecular formula is C29H32F2N4O3S. The zero-order chi connectivity index (χ0) is 27.9. The summed E-state index contributed by atoms with van der Waals surface area (Å²) in [6.45, 7) is 9.63. The molecule has 0 spiro atoms. The van der Waals surface area contributed by atoms with Crippen molar-refractivity contribution >= 4 is 29.4 Å². The molecule has 10 heteroatoms. The average molecular weight is 555 g/mol. The van der Waals surface area contributed by atoms with E-state index < -0.39 is 22.3 Å². The number of morpholine rings is 1.